The van der Waals surface area contributed by atoms with E-state index in [4.69, 9.17) is 11.6 Å². The van der Waals surface area contributed by atoms with E-state index in [9.17, 15) is 13.2 Å². The number of nitrogens with one attached hydrogen (secondary N) is 2. The zero-order valence-electron chi connectivity index (χ0n) is 11.1. The maximum atomic E-state index is 11.7. The molecule has 1 aliphatic rings. The lowest BCUT2D eigenvalue weighted by atomic mass is 10.1. The van der Waals surface area contributed by atoms with Crippen molar-refractivity contribution in [2.24, 2.45) is 0 Å². The summed E-state index contributed by atoms with van der Waals surface area (Å²) < 4.78 is 23.2. The van der Waals surface area contributed by atoms with Gasteiger partial charge >= 0.3 is 0 Å². The lowest BCUT2D eigenvalue weighted by molar-refractivity contribution is 0.0963. The Bertz CT molecular complexity index is 616. The second kappa shape index (κ2) is 6.01. The van der Waals surface area contributed by atoms with Crippen LogP contribution < -0.4 is 10.6 Å². The third kappa shape index (κ3) is 3.64. The van der Waals surface area contributed by atoms with Crippen molar-refractivity contribution in [3.05, 3.63) is 28.8 Å². The van der Waals surface area contributed by atoms with Crippen LogP contribution in [0.2, 0.25) is 5.02 Å². The number of amides is 1. The molecule has 1 unspecified atom stereocenters. The van der Waals surface area contributed by atoms with Gasteiger partial charge in [-0.15, -0.1) is 0 Å². The Morgan fingerprint density at radius 3 is 2.80 bits per heavy atom. The van der Waals surface area contributed by atoms with Gasteiger partial charge in [-0.05, 0) is 31.0 Å². The first-order valence-electron chi connectivity index (χ1n) is 6.40. The summed E-state index contributed by atoms with van der Waals surface area (Å²) in [5.41, 5.74) is 1.08. The predicted molar refractivity (Wildman–Crippen MR) is 80.1 cm³/mol. The van der Waals surface area contributed by atoms with Gasteiger partial charge in [-0.3, -0.25) is 4.79 Å². The fraction of sp³-hybridized carbons (Fsp3) is 0.462. The van der Waals surface area contributed by atoms with Gasteiger partial charge in [-0.1, -0.05) is 11.6 Å². The van der Waals surface area contributed by atoms with Gasteiger partial charge < -0.3 is 10.6 Å². The highest BCUT2D eigenvalue weighted by molar-refractivity contribution is 7.91. The maximum Gasteiger partial charge on any atom is 0.252 e. The number of benzene rings is 1. The summed E-state index contributed by atoms with van der Waals surface area (Å²) in [6, 6.07) is 4.90. The summed E-state index contributed by atoms with van der Waals surface area (Å²) >= 11 is 5.97. The van der Waals surface area contributed by atoms with Crippen LogP contribution in [-0.2, 0) is 9.84 Å². The predicted octanol–water partition coefficient (Wildman–Crippen LogP) is 1.69. The molecule has 2 rings (SSSR count). The van der Waals surface area contributed by atoms with Crippen LogP contribution in [0, 0.1) is 0 Å². The first-order valence-corrected chi connectivity index (χ1v) is 8.60. The minimum Gasteiger partial charge on any atom is -0.381 e. The molecule has 20 heavy (non-hydrogen) atoms. The summed E-state index contributed by atoms with van der Waals surface area (Å²) in [5.74, 6) is 0.121. The van der Waals surface area contributed by atoms with E-state index in [2.05, 4.69) is 10.6 Å². The Morgan fingerprint density at radius 1 is 1.40 bits per heavy atom. The Hall–Kier alpha value is -1.27. The smallest absolute Gasteiger partial charge is 0.252 e. The van der Waals surface area contributed by atoms with Gasteiger partial charge in [0.15, 0.2) is 9.84 Å². The molecule has 1 atom stereocenters. The molecule has 0 spiro atoms. The molecular formula is C13H17ClN2O3S. The highest BCUT2D eigenvalue weighted by Gasteiger charge is 2.24. The fourth-order valence-electron chi connectivity index (χ4n) is 2.30. The lowest BCUT2D eigenvalue weighted by Crippen LogP contribution is -2.34. The van der Waals surface area contributed by atoms with Crippen molar-refractivity contribution in [2.45, 2.75) is 18.9 Å². The minimum atomic E-state index is -2.96. The zero-order valence-corrected chi connectivity index (χ0v) is 12.7. The van der Waals surface area contributed by atoms with Crippen LogP contribution in [0.15, 0.2) is 18.2 Å². The average molecular weight is 317 g/mol. The molecule has 0 bridgehead atoms. The molecular weight excluding hydrogens is 300 g/mol. The third-order valence-corrected chi connectivity index (χ3v) is 5.42. The molecule has 1 fully saturated rings. The summed E-state index contributed by atoms with van der Waals surface area (Å²) in [5, 5.41) is 6.05. The number of rotatable bonds is 3. The Kier molecular flexibility index (Phi) is 4.55. The molecule has 7 heteroatoms. The summed E-state index contributed by atoms with van der Waals surface area (Å²) in [4.78, 5) is 11.7. The molecule has 1 saturated heterocycles. The SMILES string of the molecule is CNC(=O)c1cc(NC2CCCS(=O)(=O)C2)ccc1Cl. The van der Waals surface area contributed by atoms with Crippen LogP contribution in [0.1, 0.15) is 23.2 Å². The van der Waals surface area contributed by atoms with E-state index < -0.39 is 9.84 Å². The standard InChI is InChI=1S/C13H17ClN2O3S/c1-15-13(17)11-7-9(4-5-12(11)14)16-10-3-2-6-20(18,19)8-10/h4-5,7,10,16H,2-3,6,8H2,1H3,(H,15,17). The molecule has 5 nitrogen and oxygen atoms in total. The molecule has 1 amide bonds. The number of hydrogen-bond donors (Lipinski definition) is 2. The number of halogens is 1. The summed E-state index contributed by atoms with van der Waals surface area (Å²) in [7, 11) is -1.42. The largest absolute Gasteiger partial charge is 0.381 e. The molecule has 0 saturated carbocycles. The van der Waals surface area contributed by atoms with Gasteiger partial charge in [0.1, 0.15) is 0 Å². The van der Waals surface area contributed by atoms with Gasteiger partial charge in [-0.25, -0.2) is 8.42 Å². The number of anilines is 1. The van der Waals surface area contributed by atoms with Crippen LogP contribution in [0.25, 0.3) is 0 Å². The summed E-state index contributed by atoms with van der Waals surface area (Å²) in [6.07, 6.45) is 1.47. The van der Waals surface area contributed by atoms with Crippen molar-refractivity contribution in [1.82, 2.24) is 5.32 Å². The zero-order chi connectivity index (χ0) is 14.8. The second-order valence-corrected chi connectivity index (χ2v) is 7.51. The molecule has 0 aromatic heterocycles. The molecule has 1 aromatic carbocycles. The van der Waals surface area contributed by atoms with Gasteiger partial charge in [0.25, 0.3) is 5.91 Å². The Labute approximate surface area is 123 Å². The van der Waals surface area contributed by atoms with Gasteiger partial charge in [-0.2, -0.15) is 0 Å². The molecule has 1 heterocycles. The Morgan fingerprint density at radius 2 is 2.15 bits per heavy atom. The highest BCUT2D eigenvalue weighted by atomic mass is 35.5. The number of carbonyl (C=O) groups excluding carboxylic acids is 1. The molecule has 1 aromatic rings. The normalized spacial score (nSPS) is 21.2. The van der Waals surface area contributed by atoms with E-state index in [0.717, 1.165) is 6.42 Å². The monoisotopic (exact) mass is 316 g/mol. The van der Waals surface area contributed by atoms with Crippen LogP contribution in [-0.4, -0.2) is 38.9 Å². The highest BCUT2D eigenvalue weighted by Crippen LogP contribution is 2.23. The number of hydrogen-bond acceptors (Lipinski definition) is 4. The van der Waals surface area contributed by atoms with Crippen molar-refractivity contribution < 1.29 is 13.2 Å². The van der Waals surface area contributed by atoms with Crippen molar-refractivity contribution in [2.75, 3.05) is 23.9 Å². The van der Waals surface area contributed by atoms with E-state index in [1.807, 2.05) is 0 Å². The van der Waals surface area contributed by atoms with E-state index >= 15 is 0 Å². The first-order chi connectivity index (χ1) is 9.41. The van der Waals surface area contributed by atoms with Crippen molar-refractivity contribution >= 4 is 33.0 Å². The van der Waals surface area contributed by atoms with E-state index in [1.165, 1.54) is 7.05 Å². The van der Waals surface area contributed by atoms with Crippen LogP contribution in [0.5, 0.6) is 0 Å². The van der Waals surface area contributed by atoms with Crippen molar-refractivity contribution in [1.29, 1.82) is 0 Å². The van der Waals surface area contributed by atoms with Crippen LogP contribution in [0.4, 0.5) is 5.69 Å². The van der Waals surface area contributed by atoms with E-state index in [1.54, 1.807) is 18.2 Å². The lowest BCUT2D eigenvalue weighted by Gasteiger charge is -2.24. The quantitative estimate of drug-likeness (QED) is 0.890. The van der Waals surface area contributed by atoms with Gasteiger partial charge in [0, 0.05) is 18.8 Å². The van der Waals surface area contributed by atoms with Gasteiger partial charge in [0.2, 0.25) is 0 Å². The minimum absolute atomic E-state index is 0.118. The third-order valence-electron chi connectivity index (χ3n) is 3.27. The molecule has 1 aliphatic heterocycles. The molecule has 0 aliphatic carbocycles. The van der Waals surface area contributed by atoms with Crippen LogP contribution in [0.3, 0.4) is 0 Å². The number of carbonyl (C=O) groups is 1. The fourth-order valence-corrected chi connectivity index (χ4v) is 4.14. The summed E-state index contributed by atoms with van der Waals surface area (Å²) in [6.45, 7) is 0. The maximum absolute atomic E-state index is 11.7. The van der Waals surface area contributed by atoms with Crippen LogP contribution >= 0.6 is 11.6 Å². The van der Waals surface area contributed by atoms with E-state index in [0.29, 0.717) is 22.7 Å². The van der Waals surface area contributed by atoms with Gasteiger partial charge in [0.05, 0.1) is 22.1 Å². The molecule has 0 radical (unpaired) electrons. The first kappa shape index (κ1) is 15.1. The average Bonchev–Trinajstić information content (AvgIpc) is 2.39. The topological polar surface area (TPSA) is 75.3 Å². The molecule has 2 N–H and O–H groups in total. The van der Waals surface area contributed by atoms with Crippen molar-refractivity contribution in [3.8, 4) is 0 Å². The molecule has 110 valence electrons. The second-order valence-electron chi connectivity index (χ2n) is 4.87. The Balaban J connectivity index is 2.16. The van der Waals surface area contributed by atoms with Crippen molar-refractivity contribution in [3.63, 3.8) is 0 Å². The number of sulfone groups is 1. The van der Waals surface area contributed by atoms with E-state index in [-0.39, 0.29) is 23.5 Å².